The highest BCUT2D eigenvalue weighted by Gasteiger charge is 2.20. The lowest BCUT2D eigenvalue weighted by Gasteiger charge is -2.09. The van der Waals surface area contributed by atoms with Crippen molar-refractivity contribution in [3.05, 3.63) is 64.4 Å². The van der Waals surface area contributed by atoms with Crippen molar-refractivity contribution in [2.45, 2.75) is 32.0 Å². The Hall–Kier alpha value is -1.58. The topological polar surface area (TPSA) is 21.3 Å². The first kappa shape index (κ1) is 14.4. The average Bonchev–Trinajstić information content (AvgIpc) is 3.30. The Balaban J connectivity index is 1.58. The number of ether oxygens (including phenoxy) is 1. The summed E-state index contributed by atoms with van der Waals surface area (Å²) in [4.78, 5) is 0. The molecular weight excluding hydrogens is 289 g/mol. The van der Waals surface area contributed by atoms with E-state index in [1.807, 2.05) is 18.2 Å². The average molecular weight is 306 g/mol. The minimum Gasteiger partial charge on any atom is -0.486 e. The Morgan fingerprint density at radius 3 is 2.48 bits per heavy atom. The van der Waals surface area contributed by atoms with Gasteiger partial charge in [-0.3, -0.25) is 0 Å². The van der Waals surface area contributed by atoms with Gasteiger partial charge in [-0.25, -0.2) is 4.39 Å². The van der Waals surface area contributed by atoms with Gasteiger partial charge in [0.1, 0.15) is 6.61 Å². The van der Waals surface area contributed by atoms with E-state index in [2.05, 4.69) is 5.32 Å². The van der Waals surface area contributed by atoms with Crippen LogP contribution < -0.4 is 10.1 Å². The Morgan fingerprint density at radius 2 is 1.81 bits per heavy atom. The van der Waals surface area contributed by atoms with Crippen LogP contribution in [0.3, 0.4) is 0 Å². The fraction of sp³-hybridized carbons (Fsp3) is 0.294. The summed E-state index contributed by atoms with van der Waals surface area (Å²) in [6.45, 7) is 1.03. The molecule has 2 aromatic carbocycles. The molecule has 0 bridgehead atoms. The van der Waals surface area contributed by atoms with Crippen LogP contribution in [0.25, 0.3) is 0 Å². The second-order valence-corrected chi connectivity index (χ2v) is 5.77. The maximum Gasteiger partial charge on any atom is 0.165 e. The lowest BCUT2D eigenvalue weighted by atomic mass is 10.2. The first-order valence-electron chi connectivity index (χ1n) is 7.10. The first-order valence-corrected chi connectivity index (χ1v) is 7.47. The zero-order valence-corrected chi connectivity index (χ0v) is 12.4. The number of rotatable bonds is 6. The third kappa shape index (κ3) is 4.19. The summed E-state index contributed by atoms with van der Waals surface area (Å²) in [6, 6.07) is 13.1. The minimum absolute atomic E-state index is 0.278. The molecule has 1 aliphatic carbocycles. The van der Waals surface area contributed by atoms with Gasteiger partial charge in [0.05, 0.1) is 0 Å². The number of nitrogens with one attached hydrogen (secondary N) is 1. The molecule has 2 aromatic rings. The second kappa shape index (κ2) is 6.46. The van der Waals surface area contributed by atoms with E-state index in [-0.39, 0.29) is 11.6 Å². The van der Waals surface area contributed by atoms with Gasteiger partial charge in [-0.2, -0.15) is 0 Å². The van der Waals surface area contributed by atoms with Crippen LogP contribution in [-0.2, 0) is 13.2 Å². The molecule has 2 nitrogen and oxygen atoms in total. The van der Waals surface area contributed by atoms with Crippen molar-refractivity contribution in [2.24, 2.45) is 0 Å². The van der Waals surface area contributed by atoms with E-state index >= 15 is 0 Å². The van der Waals surface area contributed by atoms with E-state index in [0.717, 1.165) is 11.1 Å². The third-order valence-electron chi connectivity index (χ3n) is 3.48. The molecule has 110 valence electrons. The molecule has 0 aromatic heterocycles. The standard InChI is InChI=1S/C17H17ClFNO/c18-14-4-1-12(2-5-14)11-21-17-8-3-13(9-16(17)19)10-20-15-6-7-15/h1-5,8-9,15,20H,6-7,10-11H2. The molecule has 0 aliphatic heterocycles. The summed E-state index contributed by atoms with van der Waals surface area (Å²) in [7, 11) is 0. The van der Waals surface area contributed by atoms with Crippen molar-refractivity contribution in [2.75, 3.05) is 0 Å². The molecule has 1 aliphatic rings. The first-order chi connectivity index (χ1) is 10.2. The molecule has 1 fully saturated rings. The number of halogens is 2. The summed E-state index contributed by atoms with van der Waals surface area (Å²) in [5.41, 5.74) is 1.90. The fourth-order valence-electron chi connectivity index (χ4n) is 2.06. The summed E-state index contributed by atoms with van der Waals surface area (Å²) in [5, 5.41) is 4.04. The van der Waals surface area contributed by atoms with Gasteiger partial charge in [-0.1, -0.05) is 29.8 Å². The van der Waals surface area contributed by atoms with Crippen LogP contribution in [0.2, 0.25) is 5.02 Å². The normalized spacial score (nSPS) is 14.2. The zero-order valence-electron chi connectivity index (χ0n) is 11.6. The second-order valence-electron chi connectivity index (χ2n) is 5.34. The highest BCUT2D eigenvalue weighted by molar-refractivity contribution is 6.30. The largest absolute Gasteiger partial charge is 0.486 e. The van der Waals surface area contributed by atoms with Crippen molar-refractivity contribution < 1.29 is 9.13 Å². The van der Waals surface area contributed by atoms with Gasteiger partial charge in [0.25, 0.3) is 0 Å². The van der Waals surface area contributed by atoms with E-state index in [1.54, 1.807) is 18.2 Å². The van der Waals surface area contributed by atoms with Crippen LogP contribution in [0.15, 0.2) is 42.5 Å². The molecule has 0 heterocycles. The molecule has 21 heavy (non-hydrogen) atoms. The van der Waals surface area contributed by atoms with Crippen molar-refractivity contribution >= 4 is 11.6 Å². The molecule has 0 unspecified atom stereocenters. The van der Waals surface area contributed by atoms with Crippen LogP contribution in [0, 0.1) is 5.82 Å². The highest BCUT2D eigenvalue weighted by Crippen LogP contribution is 2.22. The van der Waals surface area contributed by atoms with Crippen molar-refractivity contribution in [3.8, 4) is 5.75 Å². The summed E-state index contributed by atoms with van der Waals surface area (Å²) >= 11 is 5.82. The lowest BCUT2D eigenvalue weighted by molar-refractivity contribution is 0.290. The summed E-state index contributed by atoms with van der Waals surface area (Å²) in [6.07, 6.45) is 2.45. The van der Waals surface area contributed by atoms with Gasteiger partial charge in [0.15, 0.2) is 11.6 Å². The van der Waals surface area contributed by atoms with Crippen molar-refractivity contribution in [3.63, 3.8) is 0 Å². The van der Waals surface area contributed by atoms with E-state index in [4.69, 9.17) is 16.3 Å². The van der Waals surface area contributed by atoms with Gasteiger partial charge in [-0.05, 0) is 48.2 Å². The van der Waals surface area contributed by atoms with Gasteiger partial charge in [0, 0.05) is 17.6 Å². The SMILES string of the molecule is Fc1cc(CNC2CC2)ccc1OCc1ccc(Cl)cc1. The van der Waals surface area contributed by atoms with Crippen molar-refractivity contribution in [1.82, 2.24) is 5.32 Å². The number of benzene rings is 2. The molecular formula is C17H17ClFNO. The molecule has 3 rings (SSSR count). The molecule has 1 saturated carbocycles. The number of hydrogen-bond acceptors (Lipinski definition) is 2. The smallest absolute Gasteiger partial charge is 0.165 e. The van der Waals surface area contributed by atoms with Crippen LogP contribution in [-0.4, -0.2) is 6.04 Å². The molecule has 0 amide bonds. The monoisotopic (exact) mass is 305 g/mol. The third-order valence-corrected chi connectivity index (χ3v) is 3.73. The Kier molecular flexibility index (Phi) is 4.42. The van der Waals surface area contributed by atoms with E-state index < -0.39 is 0 Å². The van der Waals surface area contributed by atoms with E-state index in [9.17, 15) is 4.39 Å². The van der Waals surface area contributed by atoms with Gasteiger partial charge >= 0.3 is 0 Å². The molecule has 0 saturated heterocycles. The molecule has 1 N–H and O–H groups in total. The van der Waals surface area contributed by atoms with Crippen molar-refractivity contribution in [1.29, 1.82) is 0 Å². The van der Waals surface area contributed by atoms with Crippen LogP contribution in [0.5, 0.6) is 5.75 Å². The summed E-state index contributed by atoms with van der Waals surface area (Å²) < 4.78 is 19.5. The Labute approximate surface area is 128 Å². The number of hydrogen-bond donors (Lipinski definition) is 1. The van der Waals surface area contributed by atoms with E-state index in [1.165, 1.54) is 18.9 Å². The lowest BCUT2D eigenvalue weighted by Crippen LogP contribution is -2.15. The molecule has 0 radical (unpaired) electrons. The van der Waals surface area contributed by atoms with E-state index in [0.29, 0.717) is 24.2 Å². The Bertz CT molecular complexity index is 611. The summed E-state index contributed by atoms with van der Waals surface area (Å²) in [5.74, 6) is -0.0424. The predicted octanol–water partition coefficient (Wildman–Crippen LogP) is 4.31. The van der Waals surface area contributed by atoms with Crippen LogP contribution >= 0.6 is 11.6 Å². The maximum atomic E-state index is 14.0. The fourth-order valence-corrected chi connectivity index (χ4v) is 2.19. The molecule has 4 heteroatoms. The molecule has 0 spiro atoms. The van der Waals surface area contributed by atoms with Gasteiger partial charge < -0.3 is 10.1 Å². The minimum atomic E-state index is -0.320. The predicted molar refractivity (Wildman–Crippen MR) is 82.0 cm³/mol. The molecule has 0 atom stereocenters. The maximum absolute atomic E-state index is 14.0. The van der Waals surface area contributed by atoms with Gasteiger partial charge in [0.2, 0.25) is 0 Å². The van der Waals surface area contributed by atoms with Crippen LogP contribution in [0.4, 0.5) is 4.39 Å². The quantitative estimate of drug-likeness (QED) is 0.858. The van der Waals surface area contributed by atoms with Gasteiger partial charge in [-0.15, -0.1) is 0 Å². The Morgan fingerprint density at radius 1 is 1.10 bits per heavy atom. The zero-order chi connectivity index (χ0) is 14.7. The highest BCUT2D eigenvalue weighted by atomic mass is 35.5. The van der Waals surface area contributed by atoms with Crippen LogP contribution in [0.1, 0.15) is 24.0 Å².